The molecule has 0 saturated carbocycles. The fraction of sp³-hybridized carbons (Fsp3) is 0.625. The molecule has 1 rings (SSSR count). The highest BCUT2D eigenvalue weighted by Gasteiger charge is 2.21. The molecule has 20 heavy (non-hydrogen) atoms. The van der Waals surface area contributed by atoms with Crippen molar-refractivity contribution >= 4 is 11.6 Å². The molecule has 0 bridgehead atoms. The van der Waals surface area contributed by atoms with Gasteiger partial charge in [-0.05, 0) is 44.0 Å². The standard InChI is InChI=1S/C16H25ClFNO/c1-4-7-16(20-6-3)15(19-5-2)11-12-8-9-14(18)13(17)10-12/h8-10,15-16,19H,4-7,11H2,1-3H3. The SMILES string of the molecule is CCCC(OCC)C(Cc1ccc(F)c(Cl)c1)NCC. The van der Waals surface area contributed by atoms with E-state index in [1.807, 2.05) is 6.92 Å². The van der Waals surface area contributed by atoms with Gasteiger partial charge in [-0.2, -0.15) is 0 Å². The first-order valence-electron chi connectivity index (χ1n) is 7.41. The molecule has 2 atom stereocenters. The zero-order valence-corrected chi connectivity index (χ0v) is 13.3. The van der Waals surface area contributed by atoms with E-state index >= 15 is 0 Å². The van der Waals surface area contributed by atoms with Crippen molar-refractivity contribution in [1.82, 2.24) is 5.32 Å². The van der Waals surface area contributed by atoms with Crippen molar-refractivity contribution in [3.05, 3.63) is 34.6 Å². The maximum atomic E-state index is 13.2. The summed E-state index contributed by atoms with van der Waals surface area (Å²) in [7, 11) is 0. The minimum Gasteiger partial charge on any atom is -0.377 e. The predicted molar refractivity (Wildman–Crippen MR) is 82.9 cm³/mol. The lowest BCUT2D eigenvalue weighted by Gasteiger charge is -2.28. The van der Waals surface area contributed by atoms with E-state index in [-0.39, 0.29) is 23.0 Å². The van der Waals surface area contributed by atoms with Crippen LogP contribution < -0.4 is 5.32 Å². The second-order valence-electron chi connectivity index (χ2n) is 4.90. The molecule has 0 amide bonds. The van der Waals surface area contributed by atoms with Gasteiger partial charge in [0.2, 0.25) is 0 Å². The molecule has 1 N–H and O–H groups in total. The van der Waals surface area contributed by atoms with Gasteiger partial charge in [-0.3, -0.25) is 0 Å². The summed E-state index contributed by atoms with van der Waals surface area (Å²) in [6, 6.07) is 5.15. The van der Waals surface area contributed by atoms with Crippen LogP contribution in [0.15, 0.2) is 18.2 Å². The molecule has 0 aliphatic carbocycles. The first kappa shape index (κ1) is 17.4. The van der Waals surface area contributed by atoms with Gasteiger partial charge >= 0.3 is 0 Å². The van der Waals surface area contributed by atoms with Crippen LogP contribution in [0.3, 0.4) is 0 Å². The van der Waals surface area contributed by atoms with Crippen LogP contribution in [0.4, 0.5) is 4.39 Å². The number of likely N-dealkylation sites (N-methyl/N-ethyl adjacent to an activating group) is 1. The molecule has 1 aromatic carbocycles. The lowest BCUT2D eigenvalue weighted by Crippen LogP contribution is -2.43. The average Bonchev–Trinajstić information content (AvgIpc) is 2.42. The molecule has 0 heterocycles. The molecule has 114 valence electrons. The lowest BCUT2D eigenvalue weighted by molar-refractivity contribution is 0.0285. The van der Waals surface area contributed by atoms with E-state index in [9.17, 15) is 4.39 Å². The zero-order chi connectivity index (χ0) is 15.0. The Morgan fingerprint density at radius 1 is 1.30 bits per heavy atom. The second kappa shape index (κ2) is 9.32. The molecule has 2 unspecified atom stereocenters. The third kappa shape index (κ3) is 5.39. The Bertz CT molecular complexity index is 394. The molecule has 2 nitrogen and oxygen atoms in total. The number of nitrogens with one attached hydrogen (secondary N) is 1. The highest BCUT2D eigenvalue weighted by molar-refractivity contribution is 6.30. The van der Waals surface area contributed by atoms with E-state index in [2.05, 4.69) is 19.2 Å². The fourth-order valence-electron chi connectivity index (χ4n) is 2.42. The van der Waals surface area contributed by atoms with Crippen molar-refractivity contribution in [2.24, 2.45) is 0 Å². The molecule has 1 aromatic rings. The van der Waals surface area contributed by atoms with Gasteiger partial charge in [0.15, 0.2) is 0 Å². The van der Waals surface area contributed by atoms with Crippen LogP contribution in [-0.4, -0.2) is 25.3 Å². The van der Waals surface area contributed by atoms with Crippen molar-refractivity contribution in [3.63, 3.8) is 0 Å². The first-order chi connectivity index (χ1) is 9.62. The molecule has 0 aliphatic rings. The summed E-state index contributed by atoms with van der Waals surface area (Å²) in [5.41, 5.74) is 1.03. The third-order valence-corrected chi connectivity index (χ3v) is 3.60. The summed E-state index contributed by atoms with van der Waals surface area (Å²) >= 11 is 5.85. The van der Waals surface area contributed by atoms with Crippen molar-refractivity contribution in [2.75, 3.05) is 13.2 Å². The molecular weight excluding hydrogens is 277 g/mol. The number of hydrogen-bond donors (Lipinski definition) is 1. The summed E-state index contributed by atoms with van der Waals surface area (Å²) in [6.07, 6.45) is 3.06. The van der Waals surface area contributed by atoms with Gasteiger partial charge in [0.25, 0.3) is 0 Å². The van der Waals surface area contributed by atoms with Gasteiger partial charge in [0, 0.05) is 12.6 Å². The Morgan fingerprint density at radius 2 is 2.05 bits per heavy atom. The zero-order valence-electron chi connectivity index (χ0n) is 12.6. The van der Waals surface area contributed by atoms with Gasteiger partial charge in [-0.15, -0.1) is 0 Å². The van der Waals surface area contributed by atoms with Crippen molar-refractivity contribution in [2.45, 2.75) is 52.2 Å². The number of benzene rings is 1. The normalized spacial score (nSPS) is 14.2. The van der Waals surface area contributed by atoms with Crippen LogP contribution in [0.5, 0.6) is 0 Å². The van der Waals surface area contributed by atoms with Gasteiger partial charge in [0.05, 0.1) is 11.1 Å². The van der Waals surface area contributed by atoms with Crippen LogP contribution in [-0.2, 0) is 11.2 Å². The minimum atomic E-state index is -0.370. The Labute approximate surface area is 126 Å². The number of ether oxygens (including phenoxy) is 1. The van der Waals surface area contributed by atoms with Gasteiger partial charge < -0.3 is 10.1 Å². The first-order valence-corrected chi connectivity index (χ1v) is 7.79. The van der Waals surface area contributed by atoms with E-state index in [0.717, 1.165) is 31.4 Å². The van der Waals surface area contributed by atoms with Gasteiger partial charge in [0.1, 0.15) is 5.82 Å². The molecule has 0 aromatic heterocycles. The highest BCUT2D eigenvalue weighted by Crippen LogP contribution is 2.19. The van der Waals surface area contributed by atoms with Crippen molar-refractivity contribution in [1.29, 1.82) is 0 Å². The second-order valence-corrected chi connectivity index (χ2v) is 5.31. The maximum absolute atomic E-state index is 13.2. The fourth-order valence-corrected chi connectivity index (χ4v) is 2.62. The summed E-state index contributed by atoms with van der Waals surface area (Å²) in [4.78, 5) is 0. The summed E-state index contributed by atoms with van der Waals surface area (Å²) < 4.78 is 19.1. The topological polar surface area (TPSA) is 21.3 Å². The van der Waals surface area contributed by atoms with E-state index < -0.39 is 0 Å². The Kier molecular flexibility index (Phi) is 8.12. The summed E-state index contributed by atoms with van der Waals surface area (Å²) in [5, 5.41) is 3.65. The number of hydrogen-bond acceptors (Lipinski definition) is 2. The van der Waals surface area contributed by atoms with Crippen LogP contribution in [0.25, 0.3) is 0 Å². The summed E-state index contributed by atoms with van der Waals surface area (Å²) in [6.45, 7) is 7.84. The summed E-state index contributed by atoms with van der Waals surface area (Å²) in [5.74, 6) is -0.370. The average molecular weight is 302 g/mol. The monoisotopic (exact) mass is 301 g/mol. The molecule has 0 aliphatic heterocycles. The molecule has 0 radical (unpaired) electrons. The third-order valence-electron chi connectivity index (χ3n) is 3.31. The van der Waals surface area contributed by atoms with Crippen LogP contribution in [0.1, 0.15) is 39.2 Å². The van der Waals surface area contributed by atoms with Crippen molar-refractivity contribution in [3.8, 4) is 0 Å². The smallest absolute Gasteiger partial charge is 0.141 e. The molecule has 4 heteroatoms. The van der Waals surface area contributed by atoms with Crippen LogP contribution in [0.2, 0.25) is 5.02 Å². The number of halogens is 2. The van der Waals surface area contributed by atoms with E-state index in [1.54, 1.807) is 12.1 Å². The Hall–Kier alpha value is -0.640. The van der Waals surface area contributed by atoms with E-state index in [4.69, 9.17) is 16.3 Å². The Morgan fingerprint density at radius 3 is 2.60 bits per heavy atom. The number of rotatable bonds is 9. The highest BCUT2D eigenvalue weighted by atomic mass is 35.5. The molecule has 0 saturated heterocycles. The lowest BCUT2D eigenvalue weighted by atomic mass is 9.98. The van der Waals surface area contributed by atoms with Gasteiger partial charge in [-0.1, -0.05) is 37.9 Å². The molecular formula is C16H25ClFNO. The minimum absolute atomic E-state index is 0.175. The van der Waals surface area contributed by atoms with Crippen molar-refractivity contribution < 1.29 is 9.13 Å². The quantitative estimate of drug-likeness (QED) is 0.738. The molecule has 0 spiro atoms. The Balaban J connectivity index is 2.80. The molecule has 0 fully saturated rings. The van der Waals surface area contributed by atoms with E-state index in [0.29, 0.717) is 6.61 Å². The predicted octanol–water partition coefficient (Wildman–Crippen LogP) is 4.20. The maximum Gasteiger partial charge on any atom is 0.141 e. The van der Waals surface area contributed by atoms with Crippen LogP contribution >= 0.6 is 11.6 Å². The van der Waals surface area contributed by atoms with E-state index in [1.165, 1.54) is 6.07 Å². The van der Waals surface area contributed by atoms with Gasteiger partial charge in [-0.25, -0.2) is 4.39 Å². The largest absolute Gasteiger partial charge is 0.377 e. The van der Waals surface area contributed by atoms with Crippen LogP contribution in [0, 0.1) is 5.82 Å².